The molecular weight excluding hydrogens is 264 g/mol. The van der Waals surface area contributed by atoms with Gasteiger partial charge in [0, 0.05) is 31.3 Å². The van der Waals surface area contributed by atoms with Crippen molar-refractivity contribution in [2.24, 2.45) is 5.92 Å². The smallest absolute Gasteiger partial charge is 0.163 e. The van der Waals surface area contributed by atoms with Gasteiger partial charge in [0.25, 0.3) is 0 Å². The van der Waals surface area contributed by atoms with E-state index in [9.17, 15) is 0 Å². The first-order chi connectivity index (χ1) is 10.2. The number of nitrogens with one attached hydrogen (secondary N) is 2. The van der Waals surface area contributed by atoms with E-state index in [1.165, 1.54) is 0 Å². The van der Waals surface area contributed by atoms with Crippen LogP contribution in [-0.4, -0.2) is 34.8 Å². The summed E-state index contributed by atoms with van der Waals surface area (Å²) in [5, 5.41) is 15.6. The molecule has 0 saturated carbocycles. The highest BCUT2D eigenvalue weighted by molar-refractivity contribution is 5.61. The SMILES string of the molecule is CCNc1cc(NCC(C)CO)nc(-c2ccccc2)n1. The molecule has 112 valence electrons. The Kier molecular flexibility index (Phi) is 5.51. The van der Waals surface area contributed by atoms with Gasteiger partial charge in [-0.15, -0.1) is 0 Å². The van der Waals surface area contributed by atoms with Crippen molar-refractivity contribution < 1.29 is 5.11 Å². The van der Waals surface area contributed by atoms with Crippen LogP contribution < -0.4 is 10.6 Å². The molecule has 1 aromatic carbocycles. The second kappa shape index (κ2) is 7.59. The Balaban J connectivity index is 2.26. The van der Waals surface area contributed by atoms with Gasteiger partial charge >= 0.3 is 0 Å². The minimum atomic E-state index is 0.156. The minimum Gasteiger partial charge on any atom is -0.396 e. The Morgan fingerprint density at radius 1 is 1.10 bits per heavy atom. The first-order valence-corrected chi connectivity index (χ1v) is 7.26. The molecule has 0 spiro atoms. The number of benzene rings is 1. The average Bonchev–Trinajstić information content (AvgIpc) is 2.53. The van der Waals surface area contributed by atoms with Crippen molar-refractivity contribution in [3.8, 4) is 11.4 Å². The molecule has 0 fully saturated rings. The molecule has 0 aliphatic heterocycles. The number of hydrogen-bond acceptors (Lipinski definition) is 5. The first-order valence-electron chi connectivity index (χ1n) is 7.26. The third kappa shape index (κ3) is 4.43. The van der Waals surface area contributed by atoms with E-state index in [4.69, 9.17) is 5.11 Å². The average molecular weight is 286 g/mol. The van der Waals surface area contributed by atoms with E-state index in [0.717, 1.165) is 23.7 Å². The van der Waals surface area contributed by atoms with E-state index >= 15 is 0 Å². The summed E-state index contributed by atoms with van der Waals surface area (Å²) < 4.78 is 0. The highest BCUT2D eigenvalue weighted by Crippen LogP contribution is 2.20. The molecule has 5 heteroatoms. The normalized spacial score (nSPS) is 12.0. The maximum atomic E-state index is 9.10. The van der Waals surface area contributed by atoms with Crippen LogP contribution >= 0.6 is 0 Å². The zero-order chi connectivity index (χ0) is 15.1. The molecule has 1 unspecified atom stereocenters. The van der Waals surface area contributed by atoms with Crippen LogP contribution in [0.15, 0.2) is 36.4 Å². The van der Waals surface area contributed by atoms with Gasteiger partial charge in [-0.25, -0.2) is 9.97 Å². The lowest BCUT2D eigenvalue weighted by Crippen LogP contribution is -2.16. The molecule has 1 heterocycles. The minimum absolute atomic E-state index is 0.156. The van der Waals surface area contributed by atoms with Crippen LogP contribution in [0.3, 0.4) is 0 Å². The van der Waals surface area contributed by atoms with Crippen molar-refractivity contribution in [1.29, 1.82) is 0 Å². The summed E-state index contributed by atoms with van der Waals surface area (Å²) in [5.41, 5.74) is 0.982. The Bertz CT molecular complexity index is 559. The summed E-state index contributed by atoms with van der Waals surface area (Å²) in [6.45, 7) is 5.65. The number of anilines is 2. The fourth-order valence-corrected chi connectivity index (χ4v) is 1.87. The molecule has 0 aliphatic carbocycles. The summed E-state index contributed by atoms with van der Waals surface area (Å²) in [5.74, 6) is 2.43. The number of nitrogens with zero attached hydrogens (tertiary/aromatic N) is 2. The third-order valence-electron chi connectivity index (χ3n) is 3.06. The van der Waals surface area contributed by atoms with Crippen LogP contribution in [-0.2, 0) is 0 Å². The number of aliphatic hydroxyl groups excluding tert-OH is 1. The van der Waals surface area contributed by atoms with Crippen molar-refractivity contribution in [3.05, 3.63) is 36.4 Å². The molecule has 2 rings (SSSR count). The molecule has 1 aromatic heterocycles. The van der Waals surface area contributed by atoms with E-state index in [2.05, 4.69) is 20.6 Å². The molecule has 0 amide bonds. The molecule has 1 atom stereocenters. The van der Waals surface area contributed by atoms with Crippen LogP contribution in [0, 0.1) is 5.92 Å². The lowest BCUT2D eigenvalue weighted by Gasteiger charge is -2.13. The van der Waals surface area contributed by atoms with Gasteiger partial charge in [-0.3, -0.25) is 0 Å². The van der Waals surface area contributed by atoms with Crippen LogP contribution in [0.2, 0.25) is 0 Å². The second-order valence-electron chi connectivity index (χ2n) is 5.03. The molecule has 5 nitrogen and oxygen atoms in total. The number of rotatable bonds is 7. The molecular formula is C16H22N4O. The summed E-state index contributed by atoms with van der Waals surface area (Å²) in [4.78, 5) is 9.08. The van der Waals surface area contributed by atoms with E-state index in [1.54, 1.807) is 0 Å². The predicted octanol–water partition coefficient (Wildman–Crippen LogP) is 2.62. The van der Waals surface area contributed by atoms with Gasteiger partial charge < -0.3 is 15.7 Å². The third-order valence-corrected chi connectivity index (χ3v) is 3.06. The van der Waals surface area contributed by atoms with Crippen LogP contribution in [0.4, 0.5) is 11.6 Å². The maximum absolute atomic E-state index is 9.10. The van der Waals surface area contributed by atoms with E-state index in [1.807, 2.05) is 50.2 Å². The molecule has 0 aliphatic rings. The fraction of sp³-hybridized carbons (Fsp3) is 0.375. The highest BCUT2D eigenvalue weighted by atomic mass is 16.3. The van der Waals surface area contributed by atoms with E-state index < -0.39 is 0 Å². The van der Waals surface area contributed by atoms with Crippen molar-refractivity contribution in [3.63, 3.8) is 0 Å². The molecule has 2 aromatic rings. The summed E-state index contributed by atoms with van der Waals surface area (Å²) in [6.07, 6.45) is 0. The summed E-state index contributed by atoms with van der Waals surface area (Å²) >= 11 is 0. The molecule has 21 heavy (non-hydrogen) atoms. The van der Waals surface area contributed by atoms with Crippen molar-refractivity contribution in [2.75, 3.05) is 30.3 Å². The Morgan fingerprint density at radius 3 is 2.38 bits per heavy atom. The first kappa shape index (κ1) is 15.3. The quantitative estimate of drug-likeness (QED) is 0.730. The van der Waals surface area contributed by atoms with E-state index in [-0.39, 0.29) is 12.5 Å². The zero-order valence-corrected chi connectivity index (χ0v) is 12.5. The Hall–Kier alpha value is -2.14. The van der Waals surface area contributed by atoms with Crippen LogP contribution in [0.1, 0.15) is 13.8 Å². The van der Waals surface area contributed by atoms with Gasteiger partial charge in [0.1, 0.15) is 11.6 Å². The topological polar surface area (TPSA) is 70.1 Å². The lowest BCUT2D eigenvalue weighted by atomic mass is 10.2. The standard InChI is InChI=1S/C16H22N4O/c1-3-17-14-9-15(18-10-12(2)11-21)20-16(19-14)13-7-5-4-6-8-13/h4-9,12,21H,3,10-11H2,1-2H3,(H2,17,18,19,20). The lowest BCUT2D eigenvalue weighted by molar-refractivity contribution is 0.244. The van der Waals surface area contributed by atoms with Crippen molar-refractivity contribution >= 4 is 11.6 Å². The molecule has 3 N–H and O–H groups in total. The van der Waals surface area contributed by atoms with Gasteiger partial charge in [0.15, 0.2) is 5.82 Å². The van der Waals surface area contributed by atoms with E-state index in [0.29, 0.717) is 12.4 Å². The Morgan fingerprint density at radius 2 is 1.76 bits per heavy atom. The molecule has 0 bridgehead atoms. The number of hydrogen-bond donors (Lipinski definition) is 3. The van der Waals surface area contributed by atoms with Crippen LogP contribution in [0.25, 0.3) is 11.4 Å². The van der Waals surface area contributed by atoms with Crippen molar-refractivity contribution in [1.82, 2.24) is 9.97 Å². The maximum Gasteiger partial charge on any atom is 0.163 e. The van der Waals surface area contributed by atoms with Gasteiger partial charge in [-0.1, -0.05) is 37.3 Å². The fourth-order valence-electron chi connectivity index (χ4n) is 1.87. The number of aromatic nitrogens is 2. The molecule has 0 radical (unpaired) electrons. The Labute approximate surface area is 125 Å². The monoisotopic (exact) mass is 286 g/mol. The summed E-state index contributed by atoms with van der Waals surface area (Å²) in [6, 6.07) is 11.8. The van der Waals surface area contributed by atoms with Gasteiger partial charge in [0.2, 0.25) is 0 Å². The van der Waals surface area contributed by atoms with Crippen LogP contribution in [0.5, 0.6) is 0 Å². The second-order valence-corrected chi connectivity index (χ2v) is 5.03. The van der Waals surface area contributed by atoms with Crippen molar-refractivity contribution in [2.45, 2.75) is 13.8 Å². The summed E-state index contributed by atoms with van der Waals surface area (Å²) in [7, 11) is 0. The van der Waals surface area contributed by atoms with Gasteiger partial charge in [-0.05, 0) is 12.8 Å². The molecule has 0 saturated heterocycles. The highest BCUT2D eigenvalue weighted by Gasteiger charge is 2.07. The predicted molar refractivity (Wildman–Crippen MR) is 86.4 cm³/mol. The number of aliphatic hydroxyl groups is 1. The zero-order valence-electron chi connectivity index (χ0n) is 12.5. The van der Waals surface area contributed by atoms with Gasteiger partial charge in [0.05, 0.1) is 0 Å². The van der Waals surface area contributed by atoms with Gasteiger partial charge in [-0.2, -0.15) is 0 Å². The largest absolute Gasteiger partial charge is 0.396 e.